The molecule has 0 atom stereocenters. The molecule has 4 heteroatoms. The normalized spacial score (nSPS) is 12.0. The molecule has 0 amide bonds. The second-order valence-corrected chi connectivity index (χ2v) is 5.45. The van der Waals surface area contributed by atoms with Gasteiger partial charge in [-0.2, -0.15) is 0 Å². The standard InChI is InChI=1S/C13H19N3O/c1-13(2,3)8-9-11(14)16-7-5-6-10(17-4)12(16)15-9/h5-7H,8,14H2,1-4H3. The first kappa shape index (κ1) is 11.8. The predicted molar refractivity (Wildman–Crippen MR) is 69.3 cm³/mol. The van der Waals surface area contributed by atoms with Crippen molar-refractivity contribution in [1.29, 1.82) is 0 Å². The molecule has 2 aromatic heterocycles. The third kappa shape index (κ3) is 2.20. The minimum Gasteiger partial charge on any atom is -0.493 e. The van der Waals surface area contributed by atoms with Crippen LogP contribution in [0.1, 0.15) is 26.5 Å². The van der Waals surface area contributed by atoms with Gasteiger partial charge in [-0.15, -0.1) is 0 Å². The van der Waals surface area contributed by atoms with Gasteiger partial charge < -0.3 is 10.5 Å². The molecule has 0 radical (unpaired) electrons. The number of hydrogen-bond acceptors (Lipinski definition) is 3. The Morgan fingerprint density at radius 3 is 2.71 bits per heavy atom. The molecule has 17 heavy (non-hydrogen) atoms. The topological polar surface area (TPSA) is 52.5 Å². The highest BCUT2D eigenvalue weighted by atomic mass is 16.5. The fraction of sp³-hybridized carbons (Fsp3) is 0.462. The van der Waals surface area contributed by atoms with Crippen molar-refractivity contribution in [1.82, 2.24) is 9.38 Å². The molecule has 2 aromatic rings. The number of rotatable bonds is 2. The van der Waals surface area contributed by atoms with E-state index in [1.807, 2.05) is 22.7 Å². The second-order valence-electron chi connectivity index (χ2n) is 5.45. The zero-order chi connectivity index (χ0) is 12.6. The van der Waals surface area contributed by atoms with E-state index in [2.05, 4.69) is 25.8 Å². The van der Waals surface area contributed by atoms with Gasteiger partial charge in [0, 0.05) is 6.20 Å². The lowest BCUT2D eigenvalue weighted by Crippen LogP contribution is -2.11. The van der Waals surface area contributed by atoms with Crippen molar-refractivity contribution in [2.75, 3.05) is 12.8 Å². The van der Waals surface area contributed by atoms with E-state index in [-0.39, 0.29) is 5.41 Å². The largest absolute Gasteiger partial charge is 0.493 e. The Morgan fingerprint density at radius 1 is 1.41 bits per heavy atom. The molecule has 92 valence electrons. The number of aromatic nitrogens is 2. The van der Waals surface area contributed by atoms with Crippen molar-refractivity contribution in [3.63, 3.8) is 0 Å². The molecule has 0 unspecified atom stereocenters. The van der Waals surface area contributed by atoms with Gasteiger partial charge in [-0.25, -0.2) is 4.98 Å². The van der Waals surface area contributed by atoms with Gasteiger partial charge in [0.25, 0.3) is 0 Å². The smallest absolute Gasteiger partial charge is 0.181 e. The SMILES string of the molecule is COc1cccn2c(N)c(CC(C)(C)C)nc12. The van der Waals surface area contributed by atoms with Crippen LogP contribution in [0.3, 0.4) is 0 Å². The van der Waals surface area contributed by atoms with E-state index < -0.39 is 0 Å². The number of nitrogen functional groups attached to an aromatic ring is 1. The summed E-state index contributed by atoms with van der Waals surface area (Å²) < 4.78 is 7.16. The molecule has 0 aliphatic carbocycles. The van der Waals surface area contributed by atoms with Crippen LogP contribution in [0.2, 0.25) is 0 Å². The lowest BCUT2D eigenvalue weighted by atomic mass is 9.90. The number of ether oxygens (including phenoxy) is 1. The van der Waals surface area contributed by atoms with Crippen LogP contribution in [0.25, 0.3) is 5.65 Å². The van der Waals surface area contributed by atoms with E-state index >= 15 is 0 Å². The third-order valence-corrected chi connectivity index (χ3v) is 2.65. The summed E-state index contributed by atoms with van der Waals surface area (Å²) in [5.41, 5.74) is 8.00. The van der Waals surface area contributed by atoms with Crippen molar-refractivity contribution < 1.29 is 4.74 Å². The number of anilines is 1. The fourth-order valence-electron chi connectivity index (χ4n) is 1.90. The highest BCUT2D eigenvalue weighted by Gasteiger charge is 2.18. The van der Waals surface area contributed by atoms with E-state index in [9.17, 15) is 0 Å². The first-order chi connectivity index (χ1) is 7.92. The van der Waals surface area contributed by atoms with Crippen LogP contribution < -0.4 is 10.5 Å². The minimum absolute atomic E-state index is 0.166. The molecule has 0 saturated heterocycles. The molecule has 0 fully saturated rings. The van der Waals surface area contributed by atoms with Crippen molar-refractivity contribution in [3.8, 4) is 5.75 Å². The van der Waals surface area contributed by atoms with Gasteiger partial charge in [-0.1, -0.05) is 20.8 Å². The van der Waals surface area contributed by atoms with Crippen LogP contribution in [0, 0.1) is 5.41 Å². The van der Waals surface area contributed by atoms with Crippen LogP contribution in [0.4, 0.5) is 5.82 Å². The molecule has 0 bridgehead atoms. The average molecular weight is 233 g/mol. The van der Waals surface area contributed by atoms with Gasteiger partial charge in [0.2, 0.25) is 0 Å². The molecular formula is C13H19N3O. The number of hydrogen-bond donors (Lipinski definition) is 1. The summed E-state index contributed by atoms with van der Waals surface area (Å²) in [5.74, 6) is 1.45. The van der Waals surface area contributed by atoms with Crippen LogP contribution in [0.5, 0.6) is 5.75 Å². The number of imidazole rings is 1. The van der Waals surface area contributed by atoms with E-state index in [4.69, 9.17) is 10.5 Å². The van der Waals surface area contributed by atoms with Crippen molar-refractivity contribution in [3.05, 3.63) is 24.0 Å². The Hall–Kier alpha value is -1.71. The van der Waals surface area contributed by atoms with E-state index in [1.54, 1.807) is 7.11 Å². The average Bonchev–Trinajstić information content (AvgIpc) is 2.54. The maximum atomic E-state index is 6.11. The predicted octanol–water partition coefficient (Wildman–Crippen LogP) is 2.51. The molecule has 0 aliphatic heterocycles. The van der Waals surface area contributed by atoms with Gasteiger partial charge in [-0.05, 0) is 24.0 Å². The monoisotopic (exact) mass is 233 g/mol. The van der Waals surface area contributed by atoms with E-state index in [0.717, 1.165) is 23.5 Å². The molecule has 0 aromatic carbocycles. The van der Waals surface area contributed by atoms with Gasteiger partial charge in [-0.3, -0.25) is 4.40 Å². The van der Waals surface area contributed by atoms with Crippen molar-refractivity contribution in [2.45, 2.75) is 27.2 Å². The Morgan fingerprint density at radius 2 is 2.12 bits per heavy atom. The van der Waals surface area contributed by atoms with Gasteiger partial charge in [0.1, 0.15) is 5.82 Å². The van der Waals surface area contributed by atoms with Gasteiger partial charge in [0.05, 0.1) is 12.8 Å². The number of fused-ring (bicyclic) bond motifs is 1. The zero-order valence-corrected chi connectivity index (χ0v) is 10.8. The highest BCUT2D eigenvalue weighted by Crippen LogP contribution is 2.28. The molecule has 2 heterocycles. The maximum Gasteiger partial charge on any atom is 0.181 e. The summed E-state index contributed by atoms with van der Waals surface area (Å²) in [5, 5.41) is 0. The first-order valence-corrected chi connectivity index (χ1v) is 5.72. The number of pyridine rings is 1. The lowest BCUT2D eigenvalue weighted by Gasteiger charge is -2.16. The number of nitrogens with two attached hydrogens (primary N) is 1. The summed E-state index contributed by atoms with van der Waals surface area (Å²) in [6, 6.07) is 3.80. The zero-order valence-electron chi connectivity index (χ0n) is 10.8. The summed E-state index contributed by atoms with van der Waals surface area (Å²) in [4.78, 5) is 4.58. The highest BCUT2D eigenvalue weighted by molar-refractivity contribution is 5.61. The molecule has 2 rings (SSSR count). The quantitative estimate of drug-likeness (QED) is 0.867. The van der Waals surface area contributed by atoms with Crippen molar-refractivity contribution in [2.24, 2.45) is 5.41 Å². The molecule has 4 nitrogen and oxygen atoms in total. The summed E-state index contributed by atoms with van der Waals surface area (Å²) in [7, 11) is 1.64. The fourth-order valence-corrected chi connectivity index (χ4v) is 1.90. The van der Waals surface area contributed by atoms with Crippen LogP contribution in [-0.2, 0) is 6.42 Å². The molecule has 0 saturated carbocycles. The van der Waals surface area contributed by atoms with E-state index in [1.165, 1.54) is 0 Å². The number of methoxy groups -OCH3 is 1. The third-order valence-electron chi connectivity index (χ3n) is 2.65. The Labute approximate surface area is 101 Å². The van der Waals surface area contributed by atoms with Crippen LogP contribution in [0.15, 0.2) is 18.3 Å². The Kier molecular flexibility index (Phi) is 2.73. The molecule has 2 N–H and O–H groups in total. The first-order valence-electron chi connectivity index (χ1n) is 5.72. The van der Waals surface area contributed by atoms with Crippen LogP contribution in [-0.4, -0.2) is 16.5 Å². The van der Waals surface area contributed by atoms with Crippen molar-refractivity contribution >= 4 is 11.5 Å². The summed E-state index contributed by atoms with van der Waals surface area (Å²) in [6.45, 7) is 6.52. The Bertz CT molecular complexity index is 537. The van der Waals surface area contributed by atoms with E-state index in [0.29, 0.717) is 5.82 Å². The van der Waals surface area contributed by atoms with Gasteiger partial charge >= 0.3 is 0 Å². The Balaban J connectivity index is 2.56. The van der Waals surface area contributed by atoms with Gasteiger partial charge in [0.15, 0.2) is 11.4 Å². The molecule has 0 aliphatic rings. The molecule has 0 spiro atoms. The maximum absolute atomic E-state index is 6.11. The second kappa shape index (κ2) is 3.95. The minimum atomic E-state index is 0.166. The summed E-state index contributed by atoms with van der Waals surface area (Å²) in [6.07, 6.45) is 2.76. The number of nitrogens with zero attached hydrogens (tertiary/aromatic N) is 2. The van der Waals surface area contributed by atoms with Crippen LogP contribution >= 0.6 is 0 Å². The molecular weight excluding hydrogens is 214 g/mol. The summed E-state index contributed by atoms with van der Waals surface area (Å²) >= 11 is 0. The lowest BCUT2D eigenvalue weighted by molar-refractivity contribution is 0.407.